The largest absolute Gasteiger partial charge is 0.495 e. The summed E-state index contributed by atoms with van der Waals surface area (Å²) in [6.45, 7) is 0. The van der Waals surface area contributed by atoms with Gasteiger partial charge in [-0.1, -0.05) is 0 Å². The number of pyridine rings is 1. The van der Waals surface area contributed by atoms with Crippen molar-refractivity contribution in [1.29, 1.82) is 0 Å². The van der Waals surface area contributed by atoms with Crippen molar-refractivity contribution in [2.75, 3.05) is 21.3 Å². The summed E-state index contributed by atoms with van der Waals surface area (Å²) in [4.78, 5) is 16.7. The van der Waals surface area contributed by atoms with E-state index in [0.29, 0.717) is 27.1 Å². The zero-order valence-electron chi connectivity index (χ0n) is 11.8. The normalized spacial score (nSPS) is 10.1. The Morgan fingerprint density at radius 1 is 1.05 bits per heavy atom. The molecule has 0 fully saturated rings. The van der Waals surface area contributed by atoms with E-state index in [1.54, 1.807) is 37.6 Å². The van der Waals surface area contributed by atoms with Crippen molar-refractivity contribution in [1.82, 2.24) is 4.98 Å². The first-order valence-electron chi connectivity index (χ1n) is 6.08. The van der Waals surface area contributed by atoms with Crippen LogP contribution in [0.15, 0.2) is 34.9 Å². The molecule has 0 atom stereocenters. The van der Waals surface area contributed by atoms with E-state index in [1.165, 1.54) is 14.2 Å². The molecule has 0 N–H and O–H groups in total. The van der Waals surface area contributed by atoms with Crippen molar-refractivity contribution in [3.8, 4) is 17.4 Å². The monoisotopic (exact) mass is 351 g/mol. The van der Waals surface area contributed by atoms with E-state index in [-0.39, 0.29) is 11.7 Å². The molecule has 0 amide bonds. The number of ketones is 1. The molecule has 6 heteroatoms. The van der Waals surface area contributed by atoms with Crippen molar-refractivity contribution in [2.45, 2.75) is 0 Å². The van der Waals surface area contributed by atoms with Gasteiger partial charge in [0, 0.05) is 6.20 Å². The number of nitrogens with zero attached hydrogens (tertiary/aromatic N) is 1. The molecule has 2 aromatic rings. The van der Waals surface area contributed by atoms with Gasteiger partial charge >= 0.3 is 0 Å². The van der Waals surface area contributed by atoms with Crippen LogP contribution in [0.5, 0.6) is 17.4 Å². The fourth-order valence-corrected chi connectivity index (χ4v) is 2.61. The lowest BCUT2D eigenvalue weighted by atomic mass is 10.0. The summed E-state index contributed by atoms with van der Waals surface area (Å²) in [6.07, 6.45) is 1.57. The molecular formula is C15H14BrNO4. The Morgan fingerprint density at radius 2 is 1.81 bits per heavy atom. The summed E-state index contributed by atoms with van der Waals surface area (Å²) >= 11 is 3.38. The minimum Gasteiger partial charge on any atom is -0.495 e. The molecule has 0 spiro atoms. The van der Waals surface area contributed by atoms with Gasteiger partial charge in [-0.05, 0) is 40.2 Å². The number of carbonyl (C=O) groups excluding carboxylic acids is 1. The summed E-state index contributed by atoms with van der Waals surface area (Å²) in [5, 5.41) is 0. The average molecular weight is 352 g/mol. The number of aromatic nitrogens is 1. The molecule has 1 aromatic carbocycles. The van der Waals surface area contributed by atoms with E-state index >= 15 is 0 Å². The maximum absolute atomic E-state index is 12.7. The minimum atomic E-state index is -0.236. The fraction of sp³-hybridized carbons (Fsp3) is 0.200. The second-order valence-corrected chi connectivity index (χ2v) is 4.84. The van der Waals surface area contributed by atoms with E-state index in [4.69, 9.17) is 14.2 Å². The van der Waals surface area contributed by atoms with E-state index in [9.17, 15) is 4.79 Å². The van der Waals surface area contributed by atoms with E-state index in [1.807, 2.05) is 0 Å². The van der Waals surface area contributed by atoms with Gasteiger partial charge in [-0.15, -0.1) is 0 Å². The van der Waals surface area contributed by atoms with Crippen molar-refractivity contribution in [3.05, 3.63) is 46.1 Å². The zero-order chi connectivity index (χ0) is 15.4. The SMILES string of the molecule is COc1ccc(C(=O)c2cccnc2OC)c(OC)c1Br. The summed E-state index contributed by atoms with van der Waals surface area (Å²) < 4.78 is 16.2. The maximum Gasteiger partial charge on any atom is 0.224 e. The molecule has 0 saturated carbocycles. The Kier molecular flexibility index (Phi) is 4.80. The van der Waals surface area contributed by atoms with E-state index in [0.717, 1.165) is 0 Å². The standard InChI is InChI=1S/C15H14BrNO4/c1-19-11-7-6-9(14(20-2)12(11)16)13(18)10-5-4-8-17-15(10)21-3/h4-8H,1-3H3. The van der Waals surface area contributed by atoms with Crippen LogP contribution in [0.25, 0.3) is 0 Å². The van der Waals surface area contributed by atoms with Gasteiger partial charge < -0.3 is 14.2 Å². The Hall–Kier alpha value is -2.08. The highest BCUT2D eigenvalue weighted by Crippen LogP contribution is 2.38. The molecule has 0 saturated heterocycles. The first kappa shape index (κ1) is 15.3. The third-order valence-electron chi connectivity index (χ3n) is 2.94. The second-order valence-electron chi connectivity index (χ2n) is 4.05. The summed E-state index contributed by atoms with van der Waals surface area (Å²) in [7, 11) is 4.52. The number of benzene rings is 1. The second kappa shape index (κ2) is 6.58. The van der Waals surface area contributed by atoms with Gasteiger partial charge in [-0.3, -0.25) is 4.79 Å². The predicted octanol–water partition coefficient (Wildman–Crippen LogP) is 3.10. The summed E-state index contributed by atoms with van der Waals surface area (Å²) in [5.74, 6) is 1.03. The lowest BCUT2D eigenvalue weighted by Crippen LogP contribution is -2.07. The molecular weight excluding hydrogens is 338 g/mol. The number of methoxy groups -OCH3 is 3. The Morgan fingerprint density at radius 3 is 2.43 bits per heavy atom. The molecule has 0 aliphatic rings. The van der Waals surface area contributed by atoms with Crippen LogP contribution < -0.4 is 14.2 Å². The summed E-state index contributed by atoms with van der Waals surface area (Å²) in [5.41, 5.74) is 0.770. The number of ether oxygens (including phenoxy) is 3. The third kappa shape index (κ3) is 2.85. The van der Waals surface area contributed by atoms with Gasteiger partial charge in [-0.2, -0.15) is 0 Å². The van der Waals surface area contributed by atoms with Crippen molar-refractivity contribution < 1.29 is 19.0 Å². The number of hydrogen-bond acceptors (Lipinski definition) is 5. The van der Waals surface area contributed by atoms with Crippen molar-refractivity contribution >= 4 is 21.7 Å². The van der Waals surface area contributed by atoms with Gasteiger partial charge in [0.2, 0.25) is 11.7 Å². The van der Waals surface area contributed by atoms with Gasteiger partial charge in [0.1, 0.15) is 16.0 Å². The maximum atomic E-state index is 12.7. The first-order chi connectivity index (χ1) is 10.1. The lowest BCUT2D eigenvalue weighted by Gasteiger charge is -2.13. The van der Waals surface area contributed by atoms with Crippen LogP contribution in [-0.4, -0.2) is 32.1 Å². The lowest BCUT2D eigenvalue weighted by molar-refractivity contribution is 0.103. The Labute approximate surface area is 131 Å². The average Bonchev–Trinajstić information content (AvgIpc) is 2.53. The Balaban J connectivity index is 2.56. The molecule has 0 aliphatic heterocycles. The van der Waals surface area contributed by atoms with E-state index in [2.05, 4.69) is 20.9 Å². The van der Waals surface area contributed by atoms with Crippen molar-refractivity contribution in [3.63, 3.8) is 0 Å². The topological polar surface area (TPSA) is 57.7 Å². The molecule has 0 aliphatic carbocycles. The minimum absolute atomic E-state index is 0.236. The van der Waals surface area contributed by atoms with Crippen LogP contribution in [0.2, 0.25) is 0 Å². The number of rotatable bonds is 5. The van der Waals surface area contributed by atoms with Crippen LogP contribution in [0, 0.1) is 0 Å². The molecule has 0 unspecified atom stereocenters. The van der Waals surface area contributed by atoms with Crippen LogP contribution >= 0.6 is 15.9 Å². The molecule has 1 heterocycles. The molecule has 0 radical (unpaired) electrons. The van der Waals surface area contributed by atoms with Crippen LogP contribution in [0.1, 0.15) is 15.9 Å². The number of carbonyl (C=O) groups is 1. The van der Waals surface area contributed by atoms with Crippen LogP contribution in [0.3, 0.4) is 0 Å². The first-order valence-corrected chi connectivity index (χ1v) is 6.87. The van der Waals surface area contributed by atoms with Gasteiger partial charge in [0.05, 0.1) is 32.5 Å². The third-order valence-corrected chi connectivity index (χ3v) is 3.69. The quantitative estimate of drug-likeness (QED) is 0.774. The zero-order valence-corrected chi connectivity index (χ0v) is 13.4. The number of hydrogen-bond donors (Lipinski definition) is 0. The highest BCUT2D eigenvalue weighted by atomic mass is 79.9. The van der Waals surface area contributed by atoms with Crippen LogP contribution in [0.4, 0.5) is 0 Å². The Bertz CT molecular complexity index is 673. The highest BCUT2D eigenvalue weighted by molar-refractivity contribution is 9.10. The predicted molar refractivity (Wildman–Crippen MR) is 81.5 cm³/mol. The van der Waals surface area contributed by atoms with Crippen molar-refractivity contribution in [2.24, 2.45) is 0 Å². The summed E-state index contributed by atoms with van der Waals surface area (Å²) in [6, 6.07) is 6.69. The molecule has 1 aromatic heterocycles. The van der Waals surface area contributed by atoms with Crippen LogP contribution in [-0.2, 0) is 0 Å². The molecule has 110 valence electrons. The molecule has 0 bridgehead atoms. The van der Waals surface area contributed by atoms with Gasteiger partial charge in [0.15, 0.2) is 0 Å². The van der Waals surface area contributed by atoms with Gasteiger partial charge in [-0.25, -0.2) is 4.98 Å². The number of halogens is 1. The van der Waals surface area contributed by atoms with Gasteiger partial charge in [0.25, 0.3) is 0 Å². The fourth-order valence-electron chi connectivity index (χ4n) is 1.95. The molecule has 5 nitrogen and oxygen atoms in total. The highest BCUT2D eigenvalue weighted by Gasteiger charge is 2.22. The smallest absolute Gasteiger partial charge is 0.224 e. The molecule has 2 rings (SSSR count). The molecule has 21 heavy (non-hydrogen) atoms. The van der Waals surface area contributed by atoms with E-state index < -0.39 is 0 Å².